The molecule has 1 aromatic rings. The molecule has 62 valence electrons. The van der Waals surface area contributed by atoms with Gasteiger partial charge in [0.2, 0.25) is 0 Å². The Balaban J connectivity index is 2.53. The van der Waals surface area contributed by atoms with Gasteiger partial charge in [0, 0.05) is 10.0 Å². The molecule has 2 rings (SSSR count). The number of ether oxygens (including phenoxy) is 1. The molecule has 0 unspecified atom stereocenters. The average Bonchev–Trinajstić information content (AvgIpc) is 2.49. The van der Waals surface area contributed by atoms with Gasteiger partial charge in [0.05, 0.1) is 7.11 Å². The van der Waals surface area contributed by atoms with E-state index < -0.39 is 0 Å². The van der Waals surface area contributed by atoms with Gasteiger partial charge in [0.25, 0.3) is 0 Å². The van der Waals surface area contributed by atoms with Crippen LogP contribution in [0.4, 0.5) is 0 Å². The number of fused-ring (bicyclic) bond motifs is 1. The van der Waals surface area contributed by atoms with Crippen LogP contribution in [0.5, 0.6) is 0 Å². The van der Waals surface area contributed by atoms with Crippen molar-refractivity contribution in [3.8, 4) is 0 Å². The number of rotatable bonds is 1. The van der Waals surface area contributed by atoms with Crippen LogP contribution in [0.25, 0.3) is 5.76 Å². The SMILES string of the molecule is COC1=CCc2c(Br)cccc21. The van der Waals surface area contributed by atoms with E-state index in [9.17, 15) is 0 Å². The zero-order valence-electron chi connectivity index (χ0n) is 6.80. The maximum atomic E-state index is 5.23. The van der Waals surface area contributed by atoms with Crippen molar-refractivity contribution in [2.75, 3.05) is 7.11 Å². The third-order valence-corrected chi connectivity index (χ3v) is 2.84. The second kappa shape index (κ2) is 2.94. The van der Waals surface area contributed by atoms with Gasteiger partial charge < -0.3 is 4.74 Å². The lowest BCUT2D eigenvalue weighted by molar-refractivity contribution is 0.371. The second-order valence-corrected chi connectivity index (χ2v) is 3.60. The van der Waals surface area contributed by atoms with Crippen LogP contribution in [0, 0.1) is 0 Å². The van der Waals surface area contributed by atoms with Crippen molar-refractivity contribution >= 4 is 21.7 Å². The van der Waals surface area contributed by atoms with Crippen molar-refractivity contribution < 1.29 is 4.74 Å². The normalized spacial score (nSPS) is 14.0. The third-order valence-electron chi connectivity index (χ3n) is 2.10. The van der Waals surface area contributed by atoms with Crippen LogP contribution in [0.1, 0.15) is 11.1 Å². The summed E-state index contributed by atoms with van der Waals surface area (Å²) in [5.41, 5.74) is 2.54. The van der Waals surface area contributed by atoms with E-state index in [4.69, 9.17) is 4.74 Å². The Morgan fingerprint density at radius 3 is 3.00 bits per heavy atom. The molecule has 12 heavy (non-hydrogen) atoms. The topological polar surface area (TPSA) is 9.23 Å². The van der Waals surface area contributed by atoms with Crippen LogP contribution in [-0.4, -0.2) is 7.11 Å². The molecule has 1 nitrogen and oxygen atoms in total. The second-order valence-electron chi connectivity index (χ2n) is 2.74. The Kier molecular flexibility index (Phi) is 1.93. The molecule has 0 aliphatic heterocycles. The largest absolute Gasteiger partial charge is 0.496 e. The molecule has 0 heterocycles. The minimum absolute atomic E-state index is 0.972. The minimum atomic E-state index is 0.972. The van der Waals surface area contributed by atoms with Gasteiger partial charge in [-0.1, -0.05) is 28.1 Å². The fourth-order valence-corrected chi connectivity index (χ4v) is 2.02. The van der Waals surface area contributed by atoms with Gasteiger partial charge >= 0.3 is 0 Å². The lowest BCUT2D eigenvalue weighted by atomic mass is 10.1. The fourth-order valence-electron chi connectivity index (χ4n) is 1.49. The van der Waals surface area contributed by atoms with Gasteiger partial charge in [0.1, 0.15) is 5.76 Å². The fraction of sp³-hybridized carbons (Fsp3) is 0.200. The van der Waals surface area contributed by atoms with E-state index in [2.05, 4.69) is 34.1 Å². The number of halogens is 1. The molecular weight excluding hydrogens is 216 g/mol. The van der Waals surface area contributed by atoms with Gasteiger partial charge in [-0.05, 0) is 24.1 Å². The van der Waals surface area contributed by atoms with E-state index in [0.29, 0.717) is 0 Å². The molecule has 0 atom stereocenters. The summed E-state index contributed by atoms with van der Waals surface area (Å²) in [5.74, 6) is 0.992. The molecule has 1 aliphatic rings. The summed E-state index contributed by atoms with van der Waals surface area (Å²) in [4.78, 5) is 0. The molecule has 0 saturated carbocycles. The monoisotopic (exact) mass is 224 g/mol. The van der Waals surface area contributed by atoms with E-state index in [-0.39, 0.29) is 0 Å². The molecule has 0 spiro atoms. The first-order chi connectivity index (χ1) is 5.83. The minimum Gasteiger partial charge on any atom is -0.496 e. The van der Waals surface area contributed by atoms with Gasteiger partial charge in [-0.15, -0.1) is 0 Å². The summed E-state index contributed by atoms with van der Waals surface area (Å²) >= 11 is 3.52. The summed E-state index contributed by atoms with van der Waals surface area (Å²) < 4.78 is 6.40. The molecule has 1 aromatic carbocycles. The van der Waals surface area contributed by atoms with Crippen LogP contribution in [0.15, 0.2) is 28.7 Å². The average molecular weight is 225 g/mol. The van der Waals surface area contributed by atoms with Crippen LogP contribution < -0.4 is 0 Å². The quantitative estimate of drug-likeness (QED) is 0.713. The molecule has 0 saturated heterocycles. The maximum Gasteiger partial charge on any atom is 0.122 e. The Hall–Kier alpha value is -0.760. The molecule has 0 amide bonds. The highest BCUT2D eigenvalue weighted by molar-refractivity contribution is 9.10. The van der Waals surface area contributed by atoms with E-state index in [0.717, 1.165) is 12.2 Å². The Labute approximate surface area is 80.2 Å². The van der Waals surface area contributed by atoms with Crippen molar-refractivity contribution in [2.45, 2.75) is 6.42 Å². The standard InChI is InChI=1S/C10H9BrO/c1-12-10-6-5-7-8(10)3-2-4-9(7)11/h2-4,6H,5H2,1H3. The predicted molar refractivity (Wildman–Crippen MR) is 52.8 cm³/mol. The number of benzene rings is 1. The summed E-state index contributed by atoms with van der Waals surface area (Å²) in [6, 6.07) is 6.18. The van der Waals surface area contributed by atoms with E-state index in [1.54, 1.807) is 7.11 Å². The van der Waals surface area contributed by atoms with E-state index >= 15 is 0 Å². The molecule has 0 radical (unpaired) electrons. The Bertz CT molecular complexity index is 342. The lowest BCUT2D eigenvalue weighted by Crippen LogP contribution is -1.86. The lowest BCUT2D eigenvalue weighted by Gasteiger charge is -2.04. The molecule has 0 aromatic heterocycles. The predicted octanol–water partition coefficient (Wildman–Crippen LogP) is 2.99. The van der Waals surface area contributed by atoms with Crippen molar-refractivity contribution in [3.63, 3.8) is 0 Å². The highest BCUT2D eigenvalue weighted by Crippen LogP contribution is 2.32. The van der Waals surface area contributed by atoms with Gasteiger partial charge in [-0.3, -0.25) is 0 Å². The van der Waals surface area contributed by atoms with Gasteiger partial charge in [-0.25, -0.2) is 0 Å². The van der Waals surface area contributed by atoms with Crippen molar-refractivity contribution in [2.24, 2.45) is 0 Å². The molecule has 0 bridgehead atoms. The molecule has 0 N–H and O–H groups in total. The third kappa shape index (κ3) is 1.07. The molecule has 2 heteroatoms. The maximum absolute atomic E-state index is 5.23. The first-order valence-electron chi connectivity index (χ1n) is 3.85. The van der Waals surface area contributed by atoms with E-state index in [1.807, 2.05) is 6.07 Å². The number of hydrogen-bond acceptors (Lipinski definition) is 1. The summed E-state index contributed by atoms with van der Waals surface area (Å²) in [6.07, 6.45) is 3.08. The molecular formula is C10H9BrO. The first kappa shape index (κ1) is 7.87. The van der Waals surface area contributed by atoms with Crippen LogP contribution in [0.2, 0.25) is 0 Å². The number of hydrogen-bond donors (Lipinski definition) is 0. The smallest absolute Gasteiger partial charge is 0.122 e. The summed E-state index contributed by atoms with van der Waals surface area (Å²) in [7, 11) is 1.71. The van der Waals surface area contributed by atoms with Crippen LogP contribution >= 0.6 is 15.9 Å². The highest BCUT2D eigenvalue weighted by atomic mass is 79.9. The zero-order chi connectivity index (χ0) is 8.55. The van der Waals surface area contributed by atoms with Gasteiger partial charge in [-0.2, -0.15) is 0 Å². The Morgan fingerprint density at radius 2 is 2.25 bits per heavy atom. The first-order valence-corrected chi connectivity index (χ1v) is 4.64. The van der Waals surface area contributed by atoms with Crippen molar-refractivity contribution in [1.29, 1.82) is 0 Å². The highest BCUT2D eigenvalue weighted by Gasteiger charge is 2.15. The van der Waals surface area contributed by atoms with Crippen molar-refractivity contribution in [1.82, 2.24) is 0 Å². The number of allylic oxidation sites excluding steroid dienone is 1. The van der Waals surface area contributed by atoms with Crippen molar-refractivity contribution in [3.05, 3.63) is 39.9 Å². The Morgan fingerprint density at radius 1 is 1.42 bits per heavy atom. The zero-order valence-corrected chi connectivity index (χ0v) is 8.39. The van der Waals surface area contributed by atoms with Crippen LogP contribution in [-0.2, 0) is 11.2 Å². The number of methoxy groups -OCH3 is 1. The summed E-state index contributed by atoms with van der Waals surface area (Å²) in [5, 5.41) is 0. The molecule has 1 aliphatic carbocycles. The van der Waals surface area contributed by atoms with E-state index in [1.165, 1.54) is 15.6 Å². The summed E-state index contributed by atoms with van der Waals surface area (Å²) in [6.45, 7) is 0. The van der Waals surface area contributed by atoms with Crippen LogP contribution in [0.3, 0.4) is 0 Å². The molecule has 0 fully saturated rings. The van der Waals surface area contributed by atoms with Gasteiger partial charge in [0.15, 0.2) is 0 Å².